The molecule has 5 N–H and O–H groups in total. The van der Waals surface area contributed by atoms with E-state index in [2.05, 4.69) is 19.8 Å². The minimum absolute atomic E-state index is 0. The van der Waals surface area contributed by atoms with Crippen LogP contribution in [0.1, 0.15) is 30.0 Å². The smallest absolute Gasteiger partial charge is 0.356 e. The van der Waals surface area contributed by atoms with Gasteiger partial charge in [-0.3, -0.25) is 14.5 Å². The molecule has 13 nitrogen and oxygen atoms in total. The lowest BCUT2D eigenvalue weighted by molar-refractivity contribution is -0.688. The number of esters is 1. The van der Waals surface area contributed by atoms with Crippen LogP contribution in [0.2, 0.25) is 0 Å². The van der Waals surface area contributed by atoms with Crippen LogP contribution in [0.5, 0.6) is 0 Å². The molecular formula is C32H31IN8O5S2. The number of anilines is 2. The molecule has 2 amide bonds. The van der Waals surface area contributed by atoms with E-state index in [0.29, 0.717) is 23.6 Å². The van der Waals surface area contributed by atoms with Gasteiger partial charge in [-0.2, -0.15) is 13.9 Å². The van der Waals surface area contributed by atoms with Crippen LogP contribution in [0.4, 0.5) is 10.8 Å². The summed E-state index contributed by atoms with van der Waals surface area (Å²) < 4.78 is 12.1. The number of oxime groups is 1. The molecule has 0 aliphatic carbocycles. The Hall–Kier alpha value is -4.55. The molecule has 0 saturated carbocycles. The standard InChI is InChI=1S/C32H30N8O5S2.HI/c1-2-44-37-23(27-36-32(34)47-38-27)28(41)35-24-29(42)40-25(21(18-46-30(24)40)16-39-15-9-14-22(33)17-39)31(43)45-26(19-10-5-3-6-11-19)20-12-7-4-8-13-20;/h3-15,17,24,26,30H,2,16,18,33H2,1H3,(H2-,34,35,36,38,41);1H/t24?,30-;/m1./s1. The SMILES string of the molecule is CCON=C(C(=O)NC1C(=O)N2C(C(=O)OC(c3ccccc3)c3ccccc3)=C(C[n+]3cccc(N)c3)CS[C@H]12)c1nsc(N)n1.[I-]. The van der Waals surface area contributed by atoms with E-state index in [-0.39, 0.29) is 52.9 Å². The summed E-state index contributed by atoms with van der Waals surface area (Å²) in [6.45, 7) is 2.20. The van der Waals surface area contributed by atoms with Gasteiger partial charge in [0.25, 0.3) is 11.8 Å². The number of benzene rings is 2. The van der Waals surface area contributed by atoms with Crippen molar-refractivity contribution < 1.29 is 52.5 Å². The molecule has 48 heavy (non-hydrogen) atoms. The Kier molecular flexibility index (Phi) is 11.3. The second-order valence-electron chi connectivity index (χ2n) is 10.5. The van der Waals surface area contributed by atoms with Crippen molar-refractivity contribution in [2.24, 2.45) is 5.16 Å². The zero-order chi connectivity index (χ0) is 32.9. The lowest BCUT2D eigenvalue weighted by Crippen LogP contribution is -3.00. The Bertz CT molecular complexity index is 1820. The first kappa shape index (κ1) is 34.8. The minimum Gasteiger partial charge on any atom is -1.00 e. The van der Waals surface area contributed by atoms with Gasteiger partial charge in [0.15, 0.2) is 30.2 Å². The first-order valence-corrected chi connectivity index (χ1v) is 16.5. The number of nitrogen functional groups attached to an aromatic ring is 2. The van der Waals surface area contributed by atoms with Crippen molar-refractivity contribution in [2.75, 3.05) is 23.8 Å². The van der Waals surface area contributed by atoms with Gasteiger partial charge in [0.1, 0.15) is 23.7 Å². The van der Waals surface area contributed by atoms with Crippen LogP contribution in [0.15, 0.2) is 102 Å². The van der Waals surface area contributed by atoms with E-state index in [0.717, 1.165) is 22.7 Å². The van der Waals surface area contributed by atoms with Crippen molar-refractivity contribution in [2.45, 2.75) is 31.0 Å². The molecule has 0 bridgehead atoms. The zero-order valence-corrected chi connectivity index (χ0v) is 29.4. The van der Waals surface area contributed by atoms with E-state index in [1.54, 1.807) is 25.3 Å². The molecule has 4 heterocycles. The van der Waals surface area contributed by atoms with Gasteiger partial charge in [-0.15, -0.1) is 11.8 Å². The predicted octanol–water partition coefficient (Wildman–Crippen LogP) is -0.578. The van der Waals surface area contributed by atoms with Crippen molar-refractivity contribution in [3.05, 3.63) is 113 Å². The Morgan fingerprint density at radius 2 is 1.77 bits per heavy atom. The Morgan fingerprint density at radius 3 is 2.38 bits per heavy atom. The van der Waals surface area contributed by atoms with Crippen molar-refractivity contribution in [1.29, 1.82) is 0 Å². The van der Waals surface area contributed by atoms with Crippen LogP contribution in [0.3, 0.4) is 0 Å². The number of carbonyl (C=O) groups is 3. The van der Waals surface area contributed by atoms with Gasteiger partial charge in [-0.05, 0) is 24.1 Å². The number of nitrogens with one attached hydrogen (secondary N) is 1. The molecule has 1 unspecified atom stereocenters. The molecule has 2 aliphatic rings. The maximum atomic E-state index is 14.2. The third-order valence-electron chi connectivity index (χ3n) is 7.36. The van der Waals surface area contributed by atoms with Crippen molar-refractivity contribution in [3.63, 3.8) is 0 Å². The van der Waals surface area contributed by atoms with E-state index >= 15 is 0 Å². The van der Waals surface area contributed by atoms with Crippen LogP contribution < -0.4 is 45.3 Å². The molecular weight excluding hydrogens is 767 g/mol. The molecule has 1 fully saturated rings. The number of β-lactam (4-membered cyclic amide) rings is 1. The fourth-order valence-corrected chi connectivity index (χ4v) is 7.03. The number of nitrogens with two attached hydrogens (primary N) is 2. The first-order chi connectivity index (χ1) is 22.8. The van der Waals surface area contributed by atoms with Gasteiger partial charge in [0.2, 0.25) is 11.5 Å². The highest BCUT2D eigenvalue weighted by Crippen LogP contribution is 2.41. The largest absolute Gasteiger partial charge is 1.00 e. The monoisotopic (exact) mass is 798 g/mol. The Balaban J connectivity index is 0.00000451. The number of halogens is 1. The summed E-state index contributed by atoms with van der Waals surface area (Å²) in [5.74, 6) is -1.48. The molecule has 248 valence electrons. The third-order valence-corrected chi connectivity index (χ3v) is 9.25. The quantitative estimate of drug-likeness (QED) is 0.0445. The fraction of sp³-hybridized carbons (Fsp3) is 0.219. The number of carbonyl (C=O) groups excluding carboxylic acids is 3. The number of rotatable bonds is 11. The Labute approximate surface area is 301 Å². The second-order valence-corrected chi connectivity index (χ2v) is 12.4. The van der Waals surface area contributed by atoms with Crippen LogP contribution in [-0.4, -0.2) is 61.5 Å². The fourth-order valence-electron chi connectivity index (χ4n) is 5.26. The average Bonchev–Trinajstić information content (AvgIpc) is 3.52. The number of thioether (sulfide) groups is 1. The zero-order valence-electron chi connectivity index (χ0n) is 25.6. The summed E-state index contributed by atoms with van der Waals surface area (Å²) in [7, 11) is 0. The molecule has 16 heteroatoms. The minimum atomic E-state index is -0.960. The van der Waals surface area contributed by atoms with E-state index in [1.807, 2.05) is 71.4 Å². The highest BCUT2D eigenvalue weighted by atomic mass is 127. The van der Waals surface area contributed by atoms with E-state index in [4.69, 9.17) is 21.0 Å². The predicted molar refractivity (Wildman–Crippen MR) is 176 cm³/mol. The van der Waals surface area contributed by atoms with Crippen LogP contribution in [0, 0.1) is 0 Å². The van der Waals surface area contributed by atoms with Gasteiger partial charge in [-0.1, -0.05) is 65.8 Å². The Morgan fingerprint density at radius 1 is 1.08 bits per heavy atom. The van der Waals surface area contributed by atoms with Gasteiger partial charge >= 0.3 is 5.97 Å². The van der Waals surface area contributed by atoms with Gasteiger partial charge in [-0.25, -0.2) is 4.79 Å². The lowest BCUT2D eigenvalue weighted by atomic mass is 10.0. The van der Waals surface area contributed by atoms with E-state index < -0.39 is 35.3 Å². The summed E-state index contributed by atoms with van der Waals surface area (Å²) in [6, 6.07) is 21.4. The maximum Gasteiger partial charge on any atom is 0.356 e. The lowest BCUT2D eigenvalue weighted by Gasteiger charge is -2.49. The van der Waals surface area contributed by atoms with Crippen molar-refractivity contribution >= 4 is 57.6 Å². The molecule has 4 aromatic rings. The number of hydrogen-bond acceptors (Lipinski definition) is 12. The molecule has 0 radical (unpaired) electrons. The molecule has 2 atom stereocenters. The summed E-state index contributed by atoms with van der Waals surface area (Å²) >= 11 is 2.32. The number of nitrogens with zero attached hydrogens (tertiary/aromatic N) is 5. The van der Waals surface area contributed by atoms with E-state index in [9.17, 15) is 14.4 Å². The van der Waals surface area contributed by atoms with E-state index in [1.165, 1.54) is 16.7 Å². The molecule has 1 saturated heterocycles. The molecule has 2 aliphatic heterocycles. The number of pyridine rings is 1. The molecule has 2 aromatic carbocycles. The maximum absolute atomic E-state index is 14.2. The van der Waals surface area contributed by atoms with Crippen LogP contribution in [-0.2, 0) is 30.5 Å². The molecule has 0 spiro atoms. The highest BCUT2D eigenvalue weighted by molar-refractivity contribution is 8.00. The number of ether oxygens (including phenoxy) is 1. The highest BCUT2D eigenvalue weighted by Gasteiger charge is 2.55. The summed E-state index contributed by atoms with van der Waals surface area (Å²) in [5, 5.41) is 6.16. The number of fused-ring (bicyclic) bond motifs is 1. The first-order valence-electron chi connectivity index (χ1n) is 14.7. The number of hydrogen-bond donors (Lipinski definition) is 3. The molecule has 2 aromatic heterocycles. The summed E-state index contributed by atoms with van der Waals surface area (Å²) in [5.41, 5.74) is 14.4. The summed E-state index contributed by atoms with van der Waals surface area (Å²) in [6.07, 6.45) is 2.86. The van der Waals surface area contributed by atoms with Crippen molar-refractivity contribution in [1.82, 2.24) is 19.6 Å². The topological polar surface area (TPSA) is 179 Å². The van der Waals surface area contributed by atoms with Gasteiger partial charge in [0, 0.05) is 28.9 Å². The normalized spacial score (nSPS) is 17.2. The van der Waals surface area contributed by atoms with Gasteiger partial charge in [0.05, 0.1) is 5.69 Å². The third kappa shape index (κ3) is 7.44. The van der Waals surface area contributed by atoms with Crippen LogP contribution >= 0.6 is 23.3 Å². The average molecular weight is 799 g/mol. The number of aromatic nitrogens is 3. The molecule has 6 rings (SSSR count). The second kappa shape index (κ2) is 15.6. The van der Waals surface area contributed by atoms with Crippen LogP contribution in [0.25, 0.3) is 0 Å². The summed E-state index contributed by atoms with van der Waals surface area (Å²) in [4.78, 5) is 52.0. The number of amides is 2. The van der Waals surface area contributed by atoms with Gasteiger partial charge < -0.3 is 50.3 Å². The van der Waals surface area contributed by atoms with Crippen molar-refractivity contribution in [3.8, 4) is 0 Å².